The summed E-state index contributed by atoms with van der Waals surface area (Å²) in [5, 5.41) is 0. The van der Waals surface area contributed by atoms with Crippen LogP contribution in [0.2, 0.25) is 0 Å². The van der Waals surface area contributed by atoms with Gasteiger partial charge in [-0.1, -0.05) is 6.58 Å². The highest BCUT2D eigenvalue weighted by molar-refractivity contribution is 4.96. The molecule has 0 unspecified atom stereocenters. The Hall–Kier alpha value is -0.500. The molecule has 0 aromatic carbocycles. The largest absolute Gasteiger partial charge is 0.402 e. The first-order valence-corrected chi connectivity index (χ1v) is 4.38. The fraction of sp³-hybridized carbons (Fsp3) is 0.778. The zero-order chi connectivity index (χ0) is 8.27. The van der Waals surface area contributed by atoms with Gasteiger partial charge in [0, 0.05) is 5.70 Å². The van der Waals surface area contributed by atoms with Crippen molar-refractivity contribution in [1.82, 2.24) is 0 Å². The van der Waals surface area contributed by atoms with Crippen LogP contribution >= 0.6 is 0 Å². The molecular weight excluding hydrogens is 136 g/mol. The first-order valence-electron chi connectivity index (χ1n) is 4.38. The third-order valence-corrected chi connectivity index (χ3v) is 2.70. The van der Waals surface area contributed by atoms with E-state index in [2.05, 4.69) is 6.58 Å². The van der Waals surface area contributed by atoms with E-state index in [0.29, 0.717) is 5.92 Å². The van der Waals surface area contributed by atoms with Crippen LogP contribution in [-0.4, -0.2) is 6.54 Å². The number of hydrogen-bond donors (Lipinski definition) is 2. The van der Waals surface area contributed by atoms with Crippen molar-refractivity contribution in [1.29, 1.82) is 0 Å². The van der Waals surface area contributed by atoms with Gasteiger partial charge in [0.1, 0.15) is 0 Å². The molecule has 11 heavy (non-hydrogen) atoms. The minimum atomic E-state index is 0.567. The molecule has 2 heteroatoms. The second-order valence-corrected chi connectivity index (χ2v) is 3.53. The Kier molecular flexibility index (Phi) is 2.94. The Labute approximate surface area is 68.6 Å². The first kappa shape index (κ1) is 8.60. The molecule has 1 rings (SSSR count). The topological polar surface area (TPSA) is 52.0 Å². The molecule has 1 saturated carbocycles. The normalized spacial score (nSPS) is 31.7. The van der Waals surface area contributed by atoms with Crippen molar-refractivity contribution in [2.75, 3.05) is 6.54 Å². The second-order valence-electron chi connectivity index (χ2n) is 3.53. The molecule has 0 bridgehead atoms. The maximum atomic E-state index is 5.63. The molecule has 4 N–H and O–H groups in total. The molecule has 0 heterocycles. The molecule has 0 atom stereocenters. The third-order valence-electron chi connectivity index (χ3n) is 2.70. The van der Waals surface area contributed by atoms with Crippen LogP contribution in [0.4, 0.5) is 0 Å². The maximum Gasteiger partial charge on any atom is 0.00390 e. The van der Waals surface area contributed by atoms with E-state index in [4.69, 9.17) is 11.5 Å². The Morgan fingerprint density at radius 2 is 1.82 bits per heavy atom. The van der Waals surface area contributed by atoms with Crippen molar-refractivity contribution in [3.8, 4) is 0 Å². The van der Waals surface area contributed by atoms with E-state index in [0.717, 1.165) is 18.2 Å². The summed E-state index contributed by atoms with van der Waals surface area (Å²) in [6, 6.07) is 0. The van der Waals surface area contributed by atoms with Crippen LogP contribution in [0.15, 0.2) is 12.3 Å². The molecule has 0 aromatic heterocycles. The smallest absolute Gasteiger partial charge is 0.00390 e. The molecule has 1 fully saturated rings. The lowest BCUT2D eigenvalue weighted by molar-refractivity contribution is 0.306. The predicted molar refractivity (Wildman–Crippen MR) is 47.8 cm³/mol. The average molecular weight is 154 g/mol. The van der Waals surface area contributed by atoms with Crippen molar-refractivity contribution < 1.29 is 0 Å². The fourth-order valence-electron chi connectivity index (χ4n) is 1.77. The summed E-state index contributed by atoms with van der Waals surface area (Å²) in [5.41, 5.74) is 12.1. The van der Waals surface area contributed by atoms with Gasteiger partial charge in [-0.05, 0) is 44.1 Å². The predicted octanol–water partition coefficient (Wildman–Crippen LogP) is 1.22. The zero-order valence-electron chi connectivity index (χ0n) is 7.05. The van der Waals surface area contributed by atoms with E-state index < -0.39 is 0 Å². The van der Waals surface area contributed by atoms with Crippen LogP contribution in [0.1, 0.15) is 25.7 Å². The van der Waals surface area contributed by atoms with Crippen LogP contribution < -0.4 is 11.5 Å². The van der Waals surface area contributed by atoms with E-state index in [-0.39, 0.29) is 0 Å². The number of rotatable bonds is 2. The van der Waals surface area contributed by atoms with Gasteiger partial charge in [-0.15, -0.1) is 0 Å². The summed E-state index contributed by atoms with van der Waals surface area (Å²) in [6.45, 7) is 4.61. The van der Waals surface area contributed by atoms with Crippen molar-refractivity contribution in [3.05, 3.63) is 12.3 Å². The summed E-state index contributed by atoms with van der Waals surface area (Å²) >= 11 is 0. The average Bonchev–Trinajstić information content (AvgIpc) is 2.05. The molecule has 0 saturated heterocycles. The van der Waals surface area contributed by atoms with Crippen LogP contribution in [0, 0.1) is 11.8 Å². The van der Waals surface area contributed by atoms with E-state index in [1.165, 1.54) is 25.7 Å². The maximum absolute atomic E-state index is 5.63. The molecule has 1 aliphatic carbocycles. The summed E-state index contributed by atoms with van der Waals surface area (Å²) in [5.74, 6) is 1.31. The lowest BCUT2D eigenvalue weighted by Gasteiger charge is -2.27. The Morgan fingerprint density at radius 3 is 2.18 bits per heavy atom. The van der Waals surface area contributed by atoms with Gasteiger partial charge in [0.2, 0.25) is 0 Å². The zero-order valence-corrected chi connectivity index (χ0v) is 7.05. The first-order chi connectivity index (χ1) is 5.24. The lowest BCUT2D eigenvalue weighted by Crippen LogP contribution is -2.23. The van der Waals surface area contributed by atoms with E-state index in [1.54, 1.807) is 0 Å². The van der Waals surface area contributed by atoms with Gasteiger partial charge in [0.05, 0.1) is 0 Å². The molecule has 1 aliphatic rings. The highest BCUT2D eigenvalue weighted by Crippen LogP contribution is 2.30. The van der Waals surface area contributed by atoms with Gasteiger partial charge < -0.3 is 11.5 Å². The molecule has 64 valence electrons. The molecule has 0 spiro atoms. The summed E-state index contributed by atoms with van der Waals surface area (Å²) < 4.78 is 0. The standard InChI is InChI=1S/C9H18N2/c1-7(11)9-4-2-8(6-10)3-5-9/h8-9H,1-6,10-11H2. The van der Waals surface area contributed by atoms with Gasteiger partial charge in [0.15, 0.2) is 0 Å². The quantitative estimate of drug-likeness (QED) is 0.628. The van der Waals surface area contributed by atoms with Crippen LogP contribution in [0.3, 0.4) is 0 Å². The van der Waals surface area contributed by atoms with Gasteiger partial charge in [-0.25, -0.2) is 0 Å². The van der Waals surface area contributed by atoms with Gasteiger partial charge in [-0.3, -0.25) is 0 Å². The minimum Gasteiger partial charge on any atom is -0.402 e. The third kappa shape index (κ3) is 2.22. The highest BCUT2D eigenvalue weighted by atomic mass is 14.6. The minimum absolute atomic E-state index is 0.567. The summed E-state index contributed by atoms with van der Waals surface area (Å²) in [7, 11) is 0. The fourth-order valence-corrected chi connectivity index (χ4v) is 1.77. The van der Waals surface area contributed by atoms with Crippen molar-refractivity contribution in [3.63, 3.8) is 0 Å². The van der Waals surface area contributed by atoms with E-state index >= 15 is 0 Å². The Bertz CT molecular complexity index is 134. The number of hydrogen-bond acceptors (Lipinski definition) is 2. The van der Waals surface area contributed by atoms with Gasteiger partial charge in [0.25, 0.3) is 0 Å². The van der Waals surface area contributed by atoms with E-state index in [1.807, 2.05) is 0 Å². The van der Waals surface area contributed by atoms with Crippen LogP contribution in [0.25, 0.3) is 0 Å². The molecule has 0 amide bonds. The Morgan fingerprint density at radius 1 is 1.27 bits per heavy atom. The van der Waals surface area contributed by atoms with Crippen LogP contribution in [-0.2, 0) is 0 Å². The molecule has 0 aromatic rings. The summed E-state index contributed by atoms with van der Waals surface area (Å²) in [4.78, 5) is 0. The monoisotopic (exact) mass is 154 g/mol. The lowest BCUT2D eigenvalue weighted by atomic mass is 9.81. The van der Waals surface area contributed by atoms with Gasteiger partial charge in [-0.2, -0.15) is 0 Å². The number of allylic oxidation sites excluding steroid dienone is 1. The molecule has 0 radical (unpaired) electrons. The second kappa shape index (κ2) is 3.77. The molecule has 2 nitrogen and oxygen atoms in total. The van der Waals surface area contributed by atoms with Gasteiger partial charge >= 0.3 is 0 Å². The Balaban J connectivity index is 2.30. The molecule has 0 aliphatic heterocycles. The van der Waals surface area contributed by atoms with E-state index in [9.17, 15) is 0 Å². The summed E-state index contributed by atoms with van der Waals surface area (Å²) in [6.07, 6.45) is 4.85. The molecular formula is C9H18N2. The van der Waals surface area contributed by atoms with Crippen molar-refractivity contribution in [2.24, 2.45) is 23.3 Å². The highest BCUT2D eigenvalue weighted by Gasteiger charge is 2.20. The number of nitrogens with two attached hydrogens (primary N) is 2. The van der Waals surface area contributed by atoms with Crippen molar-refractivity contribution >= 4 is 0 Å². The SMILES string of the molecule is C=C(N)C1CCC(CN)CC1. The van der Waals surface area contributed by atoms with Crippen LogP contribution in [0.5, 0.6) is 0 Å². The van der Waals surface area contributed by atoms with Crippen molar-refractivity contribution in [2.45, 2.75) is 25.7 Å².